The van der Waals surface area contributed by atoms with Gasteiger partial charge in [-0.25, -0.2) is 9.59 Å². The predicted octanol–water partition coefficient (Wildman–Crippen LogP) is 0.0537. The van der Waals surface area contributed by atoms with E-state index in [1.807, 2.05) is 0 Å². The van der Waals surface area contributed by atoms with Gasteiger partial charge >= 0.3 is 32.4 Å². The fourth-order valence-corrected chi connectivity index (χ4v) is 0. The average molecular weight is 227 g/mol. The second-order valence-electron chi connectivity index (χ2n) is 0.610. The van der Waals surface area contributed by atoms with Crippen molar-refractivity contribution in [1.82, 2.24) is 0 Å². The molecule has 5 heteroatoms. The maximum absolute atomic E-state index is 9.10. The zero-order valence-corrected chi connectivity index (χ0v) is 6.58. The van der Waals surface area contributed by atoms with Gasteiger partial charge in [-0.2, -0.15) is 0 Å². The van der Waals surface area contributed by atoms with E-state index >= 15 is 0 Å². The van der Waals surface area contributed by atoms with Crippen LogP contribution in [0.1, 0.15) is 0 Å². The van der Waals surface area contributed by atoms with Crippen molar-refractivity contribution in [2.75, 3.05) is 0 Å². The van der Waals surface area contributed by atoms with Crippen molar-refractivity contribution in [3.8, 4) is 0 Å². The molecule has 0 spiro atoms. The Labute approximate surface area is 67.5 Å². The third kappa shape index (κ3) is 18.4. The van der Waals surface area contributed by atoms with Crippen molar-refractivity contribution in [3.63, 3.8) is 0 Å². The van der Waals surface area contributed by atoms with E-state index in [0.717, 1.165) is 0 Å². The van der Waals surface area contributed by atoms with E-state index in [9.17, 15) is 0 Å². The summed E-state index contributed by atoms with van der Waals surface area (Å²) in [6.07, 6.45) is 0. The van der Waals surface area contributed by atoms with Crippen LogP contribution in [0.2, 0.25) is 0 Å². The molecule has 0 saturated heterocycles. The SMILES string of the molecule is O=C(O)C(=O)O.[CH3-].[CH3-].[Pd+2]. The molecule has 0 heterocycles. The summed E-state index contributed by atoms with van der Waals surface area (Å²) in [5, 5.41) is 14.8. The van der Waals surface area contributed by atoms with Crippen LogP contribution in [0.4, 0.5) is 0 Å². The molecular formula is C4H8O4Pd. The van der Waals surface area contributed by atoms with Gasteiger partial charge in [0.05, 0.1) is 0 Å². The summed E-state index contributed by atoms with van der Waals surface area (Å²) in [5.74, 6) is -3.65. The van der Waals surface area contributed by atoms with Crippen LogP contribution in [-0.2, 0) is 30.0 Å². The molecule has 9 heavy (non-hydrogen) atoms. The van der Waals surface area contributed by atoms with E-state index in [1.165, 1.54) is 0 Å². The molecule has 58 valence electrons. The summed E-state index contributed by atoms with van der Waals surface area (Å²) in [5.41, 5.74) is 0. The third-order valence-electron chi connectivity index (χ3n) is 0.183. The van der Waals surface area contributed by atoms with Crippen LogP contribution in [0.25, 0.3) is 0 Å². The smallest absolute Gasteiger partial charge is 0.473 e. The van der Waals surface area contributed by atoms with Gasteiger partial charge in [-0.1, -0.05) is 0 Å². The molecule has 0 atom stereocenters. The molecule has 0 unspecified atom stereocenters. The first-order valence-corrected chi connectivity index (χ1v) is 1.11. The number of aliphatic carboxylic acids is 2. The van der Waals surface area contributed by atoms with Crippen molar-refractivity contribution in [2.24, 2.45) is 0 Å². The molecule has 0 radical (unpaired) electrons. The van der Waals surface area contributed by atoms with Gasteiger partial charge in [0.2, 0.25) is 0 Å². The van der Waals surface area contributed by atoms with E-state index in [-0.39, 0.29) is 35.3 Å². The van der Waals surface area contributed by atoms with Crippen LogP contribution in [0, 0.1) is 14.9 Å². The quantitative estimate of drug-likeness (QED) is 0.348. The largest absolute Gasteiger partial charge is 2.00 e. The summed E-state index contributed by atoms with van der Waals surface area (Å²) >= 11 is 0. The minimum atomic E-state index is -1.82. The van der Waals surface area contributed by atoms with Crippen molar-refractivity contribution in [3.05, 3.63) is 14.9 Å². The number of carboxylic acid groups (broad SMARTS) is 2. The summed E-state index contributed by atoms with van der Waals surface area (Å²) < 4.78 is 0. The molecule has 0 bridgehead atoms. The van der Waals surface area contributed by atoms with Crippen LogP contribution in [0.5, 0.6) is 0 Å². The fraction of sp³-hybridized carbons (Fsp3) is 0. The van der Waals surface area contributed by atoms with Crippen molar-refractivity contribution in [1.29, 1.82) is 0 Å². The van der Waals surface area contributed by atoms with Gasteiger partial charge in [0.25, 0.3) is 0 Å². The molecular weight excluding hydrogens is 218 g/mol. The molecule has 0 aliphatic rings. The van der Waals surface area contributed by atoms with Crippen molar-refractivity contribution in [2.45, 2.75) is 0 Å². The number of hydrogen-bond donors (Lipinski definition) is 2. The van der Waals surface area contributed by atoms with Gasteiger partial charge in [-0.15, -0.1) is 0 Å². The fourth-order valence-electron chi connectivity index (χ4n) is 0. The van der Waals surface area contributed by atoms with E-state index in [4.69, 9.17) is 19.8 Å². The number of carboxylic acids is 2. The van der Waals surface area contributed by atoms with Gasteiger partial charge in [0.1, 0.15) is 0 Å². The Morgan fingerprint density at radius 1 is 0.889 bits per heavy atom. The molecule has 0 fully saturated rings. The Morgan fingerprint density at radius 2 is 1.00 bits per heavy atom. The molecule has 0 aromatic rings. The van der Waals surface area contributed by atoms with Crippen LogP contribution < -0.4 is 0 Å². The second-order valence-corrected chi connectivity index (χ2v) is 0.610. The van der Waals surface area contributed by atoms with Crippen LogP contribution in [0.3, 0.4) is 0 Å². The molecule has 2 N–H and O–H groups in total. The molecule has 0 rings (SSSR count). The molecule has 0 aromatic carbocycles. The molecule has 0 saturated carbocycles. The normalized spacial score (nSPS) is 4.89. The Morgan fingerprint density at radius 3 is 1.00 bits per heavy atom. The maximum atomic E-state index is 9.10. The summed E-state index contributed by atoms with van der Waals surface area (Å²) in [6.45, 7) is 0. The minimum absolute atomic E-state index is 0. The standard InChI is InChI=1S/C2H2O4.2CH3.Pd/c3-1(4)2(5)6;;;/h(H,3,4)(H,5,6);2*1H3;/q;2*-1;+2. The Bertz CT molecular complexity index is 78.6. The Balaban J connectivity index is -0.0000000417. The van der Waals surface area contributed by atoms with Gasteiger partial charge in [-0.3, -0.25) is 0 Å². The van der Waals surface area contributed by atoms with Crippen molar-refractivity contribution < 1.29 is 40.2 Å². The first-order chi connectivity index (χ1) is 2.64. The Kier molecular flexibility index (Phi) is 27.5. The average Bonchev–Trinajstić information content (AvgIpc) is 1.36. The molecule has 0 aromatic heterocycles. The molecule has 4 nitrogen and oxygen atoms in total. The Hall–Kier alpha value is -0.398. The molecule has 0 aliphatic heterocycles. The number of rotatable bonds is 0. The minimum Gasteiger partial charge on any atom is -0.473 e. The van der Waals surface area contributed by atoms with E-state index < -0.39 is 11.9 Å². The number of hydrogen-bond acceptors (Lipinski definition) is 2. The van der Waals surface area contributed by atoms with Gasteiger partial charge in [0, 0.05) is 0 Å². The zero-order valence-electron chi connectivity index (χ0n) is 5.03. The predicted molar refractivity (Wildman–Crippen MR) is 28.1 cm³/mol. The van der Waals surface area contributed by atoms with Crippen LogP contribution in [0.15, 0.2) is 0 Å². The van der Waals surface area contributed by atoms with Gasteiger partial charge in [-0.05, 0) is 0 Å². The van der Waals surface area contributed by atoms with E-state index in [0.29, 0.717) is 0 Å². The van der Waals surface area contributed by atoms with E-state index in [1.54, 1.807) is 0 Å². The van der Waals surface area contributed by atoms with Crippen molar-refractivity contribution >= 4 is 11.9 Å². The van der Waals surface area contributed by atoms with Gasteiger partial charge < -0.3 is 25.1 Å². The molecule has 0 aliphatic carbocycles. The van der Waals surface area contributed by atoms with Crippen LogP contribution >= 0.6 is 0 Å². The first kappa shape index (κ1) is 23.5. The van der Waals surface area contributed by atoms with Crippen LogP contribution in [-0.4, -0.2) is 22.2 Å². The first-order valence-electron chi connectivity index (χ1n) is 1.11. The number of carbonyl (C=O) groups is 2. The topological polar surface area (TPSA) is 74.6 Å². The monoisotopic (exact) mass is 226 g/mol. The van der Waals surface area contributed by atoms with E-state index in [2.05, 4.69) is 0 Å². The third-order valence-corrected chi connectivity index (χ3v) is 0.183. The van der Waals surface area contributed by atoms with Gasteiger partial charge in [0.15, 0.2) is 0 Å². The maximum Gasteiger partial charge on any atom is 2.00 e. The summed E-state index contributed by atoms with van der Waals surface area (Å²) in [4.78, 5) is 18.2. The molecule has 0 amide bonds. The summed E-state index contributed by atoms with van der Waals surface area (Å²) in [6, 6.07) is 0. The zero-order chi connectivity index (χ0) is 5.15. The second kappa shape index (κ2) is 10.6. The summed E-state index contributed by atoms with van der Waals surface area (Å²) in [7, 11) is 0.